The zero-order chi connectivity index (χ0) is 33.9. The van der Waals surface area contributed by atoms with Crippen LogP contribution in [0.3, 0.4) is 0 Å². The molecule has 0 radical (unpaired) electrons. The highest BCUT2D eigenvalue weighted by Crippen LogP contribution is 2.58. The molecule has 2 aromatic carbocycles. The molecular formula is C33H32Cl2O11. The number of hydrogen-bond donors (Lipinski definition) is 1. The minimum absolute atomic E-state index is 0.0586. The van der Waals surface area contributed by atoms with Crippen molar-refractivity contribution < 1.29 is 52.8 Å². The predicted octanol–water partition coefficient (Wildman–Crippen LogP) is 4.27. The van der Waals surface area contributed by atoms with E-state index in [0.29, 0.717) is 10.6 Å². The number of rotatable bonds is 8. The van der Waals surface area contributed by atoms with Crippen molar-refractivity contribution in [2.45, 2.75) is 18.9 Å². The third kappa shape index (κ3) is 6.14. The van der Waals surface area contributed by atoms with Crippen molar-refractivity contribution in [3.63, 3.8) is 0 Å². The summed E-state index contributed by atoms with van der Waals surface area (Å²) in [7, 11) is 4.20. The van der Waals surface area contributed by atoms with Gasteiger partial charge in [0.15, 0.2) is 0 Å². The molecular weight excluding hydrogens is 643 g/mol. The van der Waals surface area contributed by atoms with Gasteiger partial charge in [-0.05, 0) is 36.1 Å². The fraction of sp³-hybridized carbons (Fsp3) is 0.364. The molecule has 4 rings (SSSR count). The van der Waals surface area contributed by atoms with Crippen molar-refractivity contribution in [2.24, 2.45) is 29.6 Å². The third-order valence-corrected chi connectivity index (χ3v) is 9.01. The van der Waals surface area contributed by atoms with Gasteiger partial charge < -0.3 is 28.8 Å². The number of benzene rings is 2. The van der Waals surface area contributed by atoms with E-state index < -0.39 is 70.8 Å². The van der Waals surface area contributed by atoms with Gasteiger partial charge in [-0.15, -0.1) is 0 Å². The van der Waals surface area contributed by atoms with Crippen molar-refractivity contribution in [3.8, 4) is 0 Å². The van der Waals surface area contributed by atoms with Crippen molar-refractivity contribution in [2.75, 3.05) is 28.4 Å². The van der Waals surface area contributed by atoms with Gasteiger partial charge in [0.2, 0.25) is 0 Å². The zero-order valence-corrected chi connectivity index (χ0v) is 27.1. The number of carbonyl (C=O) groups is 5. The van der Waals surface area contributed by atoms with Crippen LogP contribution in [-0.4, -0.2) is 69.0 Å². The quantitative estimate of drug-likeness (QED) is 0.185. The molecule has 0 heterocycles. The van der Waals surface area contributed by atoms with Gasteiger partial charge in [-0.3, -0.25) is 14.4 Å². The molecule has 1 fully saturated rings. The summed E-state index contributed by atoms with van der Waals surface area (Å²) in [6.45, 7) is 1.59. The van der Waals surface area contributed by atoms with E-state index in [0.717, 1.165) is 28.4 Å². The van der Waals surface area contributed by atoms with Crippen molar-refractivity contribution in [1.29, 1.82) is 0 Å². The largest absolute Gasteiger partial charge is 0.469 e. The van der Waals surface area contributed by atoms with Crippen molar-refractivity contribution >= 4 is 64.7 Å². The number of carbonyl (C=O) groups excluding carboxylic acids is 5. The van der Waals surface area contributed by atoms with Gasteiger partial charge in [-0.1, -0.05) is 66.5 Å². The number of methoxy groups -OCH3 is 4. The molecule has 6 unspecified atom stereocenters. The lowest BCUT2D eigenvalue weighted by Gasteiger charge is -2.55. The monoisotopic (exact) mass is 674 g/mol. The summed E-state index contributed by atoms with van der Waals surface area (Å²) in [4.78, 5) is 67.9. The first-order valence-electron chi connectivity index (χ1n) is 14.1. The molecule has 1 saturated carbocycles. The Labute approximate surface area is 275 Å². The van der Waals surface area contributed by atoms with Gasteiger partial charge in [0.25, 0.3) is 0 Å². The van der Waals surface area contributed by atoms with Crippen LogP contribution in [0, 0.1) is 29.6 Å². The predicted molar refractivity (Wildman–Crippen MR) is 165 cm³/mol. The molecule has 0 saturated heterocycles. The standard InChI is InChI=1S/C33H32Cl2O11/c1-16-13-21-23(29(37)42-2)27(26(32(40)45-5)33(41,24(16)30(38)43-3)25(21)31(39)44-4)46-28(36)20(14-17-9-7-6-8-10-17)19-12-11-18(34)15-22(19)35/h6-12,14-16,21,24-26,41H,13H2,1-5H3. The van der Waals surface area contributed by atoms with Crippen LogP contribution in [0.5, 0.6) is 0 Å². The molecule has 6 atom stereocenters. The molecule has 46 heavy (non-hydrogen) atoms. The van der Waals surface area contributed by atoms with E-state index in [1.54, 1.807) is 37.3 Å². The second kappa shape index (κ2) is 14.1. The van der Waals surface area contributed by atoms with Crippen LogP contribution in [-0.2, 0) is 47.7 Å². The molecule has 244 valence electrons. The average Bonchev–Trinajstić information content (AvgIpc) is 3.03. The summed E-state index contributed by atoms with van der Waals surface area (Å²) in [5.74, 6) is -13.2. The Kier molecular flexibility index (Phi) is 10.6. The van der Waals surface area contributed by atoms with E-state index in [1.165, 1.54) is 24.3 Å². The minimum Gasteiger partial charge on any atom is -0.469 e. The molecule has 0 amide bonds. The highest BCUT2D eigenvalue weighted by Gasteiger charge is 2.71. The highest BCUT2D eigenvalue weighted by atomic mass is 35.5. The fourth-order valence-corrected chi connectivity index (χ4v) is 7.09. The normalized spacial score (nSPS) is 25.7. The van der Waals surface area contributed by atoms with Gasteiger partial charge >= 0.3 is 29.8 Å². The number of fused-ring (bicyclic) bond motifs is 2. The van der Waals surface area contributed by atoms with Gasteiger partial charge in [-0.2, -0.15) is 0 Å². The molecule has 2 aromatic rings. The second-order valence-corrected chi connectivity index (χ2v) is 11.8. The SMILES string of the molecule is COC(=O)C1=C(OC(=O)C(=Cc2ccccc2)c2ccc(Cl)cc2Cl)C(C(=O)OC)C2(O)C(C(=O)OC)C(C)CC1C2C(=O)OC. The first-order valence-corrected chi connectivity index (χ1v) is 14.8. The van der Waals surface area contributed by atoms with E-state index in [2.05, 4.69) is 0 Å². The van der Waals surface area contributed by atoms with Crippen LogP contribution >= 0.6 is 23.2 Å². The van der Waals surface area contributed by atoms with Gasteiger partial charge in [0.1, 0.15) is 17.3 Å². The maximum absolute atomic E-state index is 14.2. The third-order valence-electron chi connectivity index (χ3n) is 8.46. The molecule has 13 heteroatoms. The molecule has 2 aliphatic rings. The molecule has 0 aliphatic heterocycles. The van der Waals surface area contributed by atoms with Crippen LogP contribution in [0.2, 0.25) is 10.0 Å². The summed E-state index contributed by atoms with van der Waals surface area (Å²) in [6.07, 6.45) is 1.41. The molecule has 2 bridgehead atoms. The average molecular weight is 676 g/mol. The Hall–Kier alpha value is -4.19. The van der Waals surface area contributed by atoms with Gasteiger partial charge in [0, 0.05) is 16.5 Å². The number of halogens is 2. The second-order valence-electron chi connectivity index (χ2n) is 10.9. The van der Waals surface area contributed by atoms with Crippen LogP contribution < -0.4 is 0 Å². The summed E-state index contributed by atoms with van der Waals surface area (Å²) < 4.78 is 25.9. The zero-order valence-electron chi connectivity index (χ0n) is 25.6. The summed E-state index contributed by atoms with van der Waals surface area (Å²) >= 11 is 12.6. The number of esters is 5. The van der Waals surface area contributed by atoms with Gasteiger partial charge in [-0.25, -0.2) is 9.59 Å². The summed E-state index contributed by atoms with van der Waals surface area (Å²) in [5.41, 5.74) is -2.36. The molecule has 1 N–H and O–H groups in total. The number of ether oxygens (including phenoxy) is 5. The van der Waals surface area contributed by atoms with Crippen molar-refractivity contribution in [1.82, 2.24) is 0 Å². The van der Waals surface area contributed by atoms with Crippen LogP contribution in [0.15, 0.2) is 59.9 Å². The summed E-state index contributed by atoms with van der Waals surface area (Å²) in [6, 6.07) is 13.1. The van der Waals surface area contributed by atoms with E-state index in [4.69, 9.17) is 46.9 Å². The summed E-state index contributed by atoms with van der Waals surface area (Å²) in [5, 5.41) is 12.9. The highest BCUT2D eigenvalue weighted by molar-refractivity contribution is 6.37. The maximum Gasteiger partial charge on any atom is 0.343 e. The molecule has 0 aromatic heterocycles. The number of hydrogen-bond acceptors (Lipinski definition) is 11. The smallest absolute Gasteiger partial charge is 0.343 e. The van der Waals surface area contributed by atoms with Crippen molar-refractivity contribution in [3.05, 3.63) is 81.0 Å². The minimum atomic E-state index is -2.63. The van der Waals surface area contributed by atoms with Crippen LogP contribution in [0.1, 0.15) is 24.5 Å². The molecule has 0 spiro atoms. The lowest BCUT2D eigenvalue weighted by atomic mass is 9.50. The van der Waals surface area contributed by atoms with Crippen LogP contribution in [0.4, 0.5) is 0 Å². The number of aliphatic hydroxyl groups is 1. The Bertz CT molecular complexity index is 1620. The molecule has 11 nitrogen and oxygen atoms in total. The first kappa shape index (κ1) is 34.7. The lowest BCUT2D eigenvalue weighted by Crippen LogP contribution is -2.68. The maximum atomic E-state index is 14.2. The van der Waals surface area contributed by atoms with E-state index in [-0.39, 0.29) is 28.2 Å². The van der Waals surface area contributed by atoms with E-state index in [1.807, 2.05) is 0 Å². The topological polar surface area (TPSA) is 152 Å². The first-order chi connectivity index (χ1) is 21.8. The Morgan fingerprint density at radius 2 is 1.46 bits per heavy atom. The van der Waals surface area contributed by atoms with E-state index in [9.17, 15) is 29.1 Å². The van der Waals surface area contributed by atoms with E-state index >= 15 is 0 Å². The van der Waals surface area contributed by atoms with Gasteiger partial charge in [0.05, 0.1) is 56.4 Å². The Morgan fingerprint density at radius 3 is 2.02 bits per heavy atom. The molecule has 2 aliphatic carbocycles. The Morgan fingerprint density at radius 1 is 0.848 bits per heavy atom. The Balaban J connectivity index is 2.03. The fourth-order valence-electron chi connectivity index (χ4n) is 6.58. The van der Waals surface area contributed by atoms with Crippen LogP contribution in [0.25, 0.3) is 11.6 Å². The lowest BCUT2D eigenvalue weighted by molar-refractivity contribution is -0.212.